The van der Waals surface area contributed by atoms with Gasteiger partial charge in [0.25, 0.3) is 5.91 Å². The van der Waals surface area contributed by atoms with E-state index in [1.165, 1.54) is 10.4 Å². The highest BCUT2D eigenvalue weighted by Gasteiger charge is 2.25. The Bertz CT molecular complexity index is 414. The van der Waals surface area contributed by atoms with Crippen LogP contribution in [0.1, 0.15) is 53.7 Å². The molecule has 2 N–H and O–H groups in total. The molecule has 1 amide bonds. The summed E-state index contributed by atoms with van der Waals surface area (Å²) in [7, 11) is 0. The molecule has 1 aromatic rings. The van der Waals surface area contributed by atoms with E-state index < -0.39 is 0 Å². The average Bonchev–Trinajstić information content (AvgIpc) is 2.71. The third kappa shape index (κ3) is 3.56. The van der Waals surface area contributed by atoms with Gasteiger partial charge in [0.05, 0.1) is 4.88 Å². The molecule has 1 atom stereocenters. The van der Waals surface area contributed by atoms with Gasteiger partial charge in [-0.05, 0) is 44.7 Å². The fraction of sp³-hybridized carbons (Fsp3) is 0.643. The van der Waals surface area contributed by atoms with E-state index in [9.17, 15) is 4.79 Å². The first-order chi connectivity index (χ1) is 8.45. The summed E-state index contributed by atoms with van der Waals surface area (Å²) in [6, 6.07) is 1.98. The van der Waals surface area contributed by atoms with Crippen molar-refractivity contribution in [1.82, 2.24) is 5.32 Å². The lowest BCUT2D eigenvalue weighted by Gasteiger charge is -2.28. The quantitative estimate of drug-likeness (QED) is 0.834. The largest absolute Gasteiger partial charge is 0.396 e. The average molecular weight is 269 g/mol. The van der Waals surface area contributed by atoms with E-state index in [0.717, 1.165) is 17.7 Å². The number of nitrogens with one attached hydrogen (secondary N) is 1. The van der Waals surface area contributed by atoms with Crippen LogP contribution in [0.25, 0.3) is 0 Å². The Hall–Kier alpha value is -0.870. The molecular formula is C14H23NO2S. The van der Waals surface area contributed by atoms with Crippen molar-refractivity contribution in [3.63, 3.8) is 0 Å². The van der Waals surface area contributed by atoms with E-state index in [-0.39, 0.29) is 18.1 Å². The Balaban J connectivity index is 2.80. The Labute approximate surface area is 113 Å². The Morgan fingerprint density at radius 1 is 1.50 bits per heavy atom. The van der Waals surface area contributed by atoms with E-state index in [0.29, 0.717) is 6.42 Å². The summed E-state index contributed by atoms with van der Waals surface area (Å²) in [4.78, 5) is 14.2. The fourth-order valence-electron chi connectivity index (χ4n) is 1.89. The molecule has 0 aromatic carbocycles. The third-order valence-corrected chi connectivity index (χ3v) is 4.58. The second kappa shape index (κ2) is 6.34. The summed E-state index contributed by atoms with van der Waals surface area (Å²) < 4.78 is 0. The van der Waals surface area contributed by atoms with Crippen molar-refractivity contribution in [2.45, 2.75) is 52.5 Å². The molecule has 1 rings (SSSR count). The maximum atomic E-state index is 12.2. The first-order valence-electron chi connectivity index (χ1n) is 6.48. The Morgan fingerprint density at radius 2 is 2.17 bits per heavy atom. The molecule has 1 unspecified atom stereocenters. The van der Waals surface area contributed by atoms with Crippen molar-refractivity contribution in [2.24, 2.45) is 0 Å². The zero-order chi connectivity index (χ0) is 13.8. The summed E-state index contributed by atoms with van der Waals surface area (Å²) in [6.45, 7) is 8.23. The molecule has 0 aliphatic heterocycles. The Morgan fingerprint density at radius 3 is 2.61 bits per heavy atom. The first kappa shape index (κ1) is 15.2. The van der Waals surface area contributed by atoms with Crippen LogP contribution in [0, 0.1) is 6.92 Å². The van der Waals surface area contributed by atoms with Crippen LogP contribution in [0.5, 0.6) is 0 Å². The number of thiophene rings is 1. The molecule has 0 spiro atoms. The fourth-order valence-corrected chi connectivity index (χ4v) is 2.90. The van der Waals surface area contributed by atoms with E-state index >= 15 is 0 Å². The van der Waals surface area contributed by atoms with Gasteiger partial charge >= 0.3 is 0 Å². The van der Waals surface area contributed by atoms with Crippen LogP contribution < -0.4 is 5.32 Å². The molecule has 102 valence electrons. The lowest BCUT2D eigenvalue weighted by molar-refractivity contribution is 0.0890. The molecule has 0 saturated carbocycles. The van der Waals surface area contributed by atoms with Crippen LogP contribution in [0.3, 0.4) is 0 Å². The number of rotatable bonds is 6. The number of aryl methyl sites for hydroxylation is 2. The molecule has 3 nitrogen and oxygen atoms in total. The predicted octanol–water partition coefficient (Wildman–Crippen LogP) is 2.90. The summed E-state index contributed by atoms with van der Waals surface area (Å²) in [6.07, 6.45) is 2.35. The van der Waals surface area contributed by atoms with Crippen LogP contribution in [-0.4, -0.2) is 23.2 Å². The van der Waals surface area contributed by atoms with Gasteiger partial charge in [-0.1, -0.05) is 13.8 Å². The monoisotopic (exact) mass is 269 g/mol. The highest BCUT2D eigenvalue weighted by Crippen LogP contribution is 2.23. The molecule has 0 aliphatic carbocycles. The van der Waals surface area contributed by atoms with Crippen LogP contribution >= 0.6 is 11.3 Å². The lowest BCUT2D eigenvalue weighted by atomic mass is 9.95. The third-order valence-electron chi connectivity index (χ3n) is 3.48. The lowest BCUT2D eigenvalue weighted by Crippen LogP contribution is -2.45. The maximum absolute atomic E-state index is 12.2. The van der Waals surface area contributed by atoms with Crippen molar-refractivity contribution < 1.29 is 9.90 Å². The number of aliphatic hydroxyl groups excluding tert-OH is 1. The van der Waals surface area contributed by atoms with Crippen LogP contribution in [-0.2, 0) is 6.42 Å². The molecule has 0 bridgehead atoms. The molecule has 18 heavy (non-hydrogen) atoms. The van der Waals surface area contributed by atoms with Crippen LogP contribution in [0.15, 0.2) is 6.07 Å². The normalized spacial score (nSPS) is 14.3. The van der Waals surface area contributed by atoms with Crippen molar-refractivity contribution >= 4 is 17.2 Å². The summed E-state index contributed by atoms with van der Waals surface area (Å²) in [5.41, 5.74) is 0.918. The maximum Gasteiger partial charge on any atom is 0.261 e. The summed E-state index contributed by atoms with van der Waals surface area (Å²) in [5, 5.41) is 12.1. The molecule has 0 radical (unpaired) electrons. The van der Waals surface area contributed by atoms with E-state index in [1.54, 1.807) is 11.3 Å². The van der Waals surface area contributed by atoms with Gasteiger partial charge in [-0.2, -0.15) is 0 Å². The van der Waals surface area contributed by atoms with Gasteiger partial charge in [-0.25, -0.2) is 0 Å². The van der Waals surface area contributed by atoms with Gasteiger partial charge in [-0.3, -0.25) is 4.79 Å². The highest BCUT2D eigenvalue weighted by molar-refractivity contribution is 7.14. The predicted molar refractivity (Wildman–Crippen MR) is 76.3 cm³/mol. The second-order valence-electron chi connectivity index (χ2n) is 4.89. The standard InChI is InChI=1S/C14H23NO2S/c1-5-11-9-12(18-10(11)3)13(17)15-14(4,6-2)7-8-16/h9,16H,5-8H2,1-4H3,(H,15,17). The van der Waals surface area contributed by atoms with Crippen molar-refractivity contribution in [3.05, 3.63) is 21.4 Å². The van der Waals surface area contributed by atoms with Gasteiger partial charge in [0, 0.05) is 17.0 Å². The molecule has 0 aliphatic rings. The minimum atomic E-state index is -0.323. The van der Waals surface area contributed by atoms with Gasteiger partial charge in [0.2, 0.25) is 0 Å². The number of hydrogen-bond acceptors (Lipinski definition) is 3. The zero-order valence-electron chi connectivity index (χ0n) is 11.7. The van der Waals surface area contributed by atoms with Gasteiger partial charge < -0.3 is 10.4 Å². The van der Waals surface area contributed by atoms with Gasteiger partial charge in [0.15, 0.2) is 0 Å². The molecular weight excluding hydrogens is 246 g/mol. The smallest absolute Gasteiger partial charge is 0.261 e. The van der Waals surface area contributed by atoms with E-state index in [2.05, 4.69) is 12.2 Å². The van der Waals surface area contributed by atoms with Gasteiger partial charge in [-0.15, -0.1) is 11.3 Å². The van der Waals surface area contributed by atoms with Crippen molar-refractivity contribution in [1.29, 1.82) is 0 Å². The molecule has 0 fully saturated rings. The van der Waals surface area contributed by atoms with Crippen molar-refractivity contribution in [3.8, 4) is 0 Å². The first-order valence-corrected chi connectivity index (χ1v) is 7.30. The SMILES string of the molecule is CCc1cc(C(=O)NC(C)(CC)CCO)sc1C. The molecule has 0 saturated heterocycles. The molecule has 1 aromatic heterocycles. The van der Waals surface area contributed by atoms with Crippen LogP contribution in [0.2, 0.25) is 0 Å². The summed E-state index contributed by atoms with van der Waals surface area (Å²) in [5.74, 6) is -0.0272. The number of amides is 1. The zero-order valence-corrected chi connectivity index (χ0v) is 12.5. The molecule has 4 heteroatoms. The number of hydrogen-bond donors (Lipinski definition) is 2. The Kier molecular flexibility index (Phi) is 5.35. The number of aliphatic hydroxyl groups is 1. The number of carbonyl (C=O) groups is 1. The minimum Gasteiger partial charge on any atom is -0.396 e. The highest BCUT2D eigenvalue weighted by atomic mass is 32.1. The van der Waals surface area contributed by atoms with E-state index in [4.69, 9.17) is 5.11 Å². The minimum absolute atomic E-state index is 0.0272. The number of carbonyl (C=O) groups excluding carboxylic acids is 1. The van der Waals surface area contributed by atoms with Crippen LogP contribution in [0.4, 0.5) is 0 Å². The van der Waals surface area contributed by atoms with Gasteiger partial charge in [0.1, 0.15) is 0 Å². The molecule has 1 heterocycles. The second-order valence-corrected chi connectivity index (χ2v) is 6.14. The van der Waals surface area contributed by atoms with Crippen molar-refractivity contribution in [2.75, 3.05) is 6.61 Å². The van der Waals surface area contributed by atoms with E-state index in [1.807, 2.05) is 26.8 Å². The topological polar surface area (TPSA) is 49.3 Å². The summed E-state index contributed by atoms with van der Waals surface area (Å²) >= 11 is 1.54.